The Morgan fingerprint density at radius 3 is 2.82 bits per heavy atom. The molecule has 1 atom stereocenters. The number of rotatable bonds is 3. The van der Waals surface area contributed by atoms with Gasteiger partial charge in [-0.2, -0.15) is 5.10 Å². The summed E-state index contributed by atoms with van der Waals surface area (Å²) in [7, 11) is 0. The summed E-state index contributed by atoms with van der Waals surface area (Å²) in [5.74, 6) is 0.191. The number of hydrogen-bond donors (Lipinski definition) is 3. The van der Waals surface area contributed by atoms with Crippen LogP contribution in [0.4, 0.5) is 0 Å². The summed E-state index contributed by atoms with van der Waals surface area (Å²) in [6, 6.07) is 15.6. The summed E-state index contributed by atoms with van der Waals surface area (Å²) >= 11 is 5.27. The standard InChI is InChI=1S/C17H17N3OS/c21-16-8-4-2-6-13(16)11-18-20-17(22)19-15-10-9-12-5-1-3-7-14(12)15/h1-8,11,15,21H,9-10H2,(H2,19,20,22)/b18-11+. The molecule has 3 N–H and O–H groups in total. The molecule has 0 spiro atoms. The molecule has 1 aliphatic rings. The van der Waals surface area contributed by atoms with Gasteiger partial charge in [0.2, 0.25) is 0 Å². The number of nitrogens with one attached hydrogen (secondary N) is 2. The van der Waals surface area contributed by atoms with Gasteiger partial charge in [0.1, 0.15) is 5.75 Å². The molecule has 0 radical (unpaired) electrons. The zero-order valence-corrected chi connectivity index (χ0v) is 12.8. The van der Waals surface area contributed by atoms with Gasteiger partial charge in [-0.05, 0) is 48.3 Å². The lowest BCUT2D eigenvalue weighted by molar-refractivity contribution is 0.474. The second kappa shape index (κ2) is 6.58. The van der Waals surface area contributed by atoms with E-state index in [2.05, 4.69) is 34.0 Å². The number of fused-ring (bicyclic) bond motifs is 1. The Bertz CT molecular complexity index is 715. The topological polar surface area (TPSA) is 56.7 Å². The smallest absolute Gasteiger partial charge is 0.187 e. The largest absolute Gasteiger partial charge is 0.507 e. The van der Waals surface area contributed by atoms with Crippen LogP contribution in [0.25, 0.3) is 0 Å². The fraction of sp³-hybridized carbons (Fsp3) is 0.176. The quantitative estimate of drug-likeness (QED) is 0.463. The van der Waals surface area contributed by atoms with Crippen LogP contribution in [0.2, 0.25) is 0 Å². The van der Waals surface area contributed by atoms with Gasteiger partial charge in [0, 0.05) is 5.56 Å². The summed E-state index contributed by atoms with van der Waals surface area (Å²) in [5, 5.41) is 17.5. The first-order chi connectivity index (χ1) is 10.7. The summed E-state index contributed by atoms with van der Waals surface area (Å²) in [5.41, 5.74) is 6.11. The normalized spacial score (nSPS) is 16.5. The number of hydrogen-bond acceptors (Lipinski definition) is 3. The maximum absolute atomic E-state index is 9.65. The van der Waals surface area contributed by atoms with E-state index >= 15 is 0 Å². The first-order valence-electron chi connectivity index (χ1n) is 7.19. The van der Waals surface area contributed by atoms with E-state index < -0.39 is 0 Å². The fourth-order valence-corrected chi connectivity index (χ4v) is 2.85. The molecule has 0 saturated carbocycles. The molecule has 2 aromatic rings. The number of thiocarbonyl (C=S) groups is 1. The molecule has 0 fully saturated rings. The average molecular weight is 311 g/mol. The maximum Gasteiger partial charge on any atom is 0.187 e. The maximum atomic E-state index is 9.65. The Kier molecular flexibility index (Phi) is 4.34. The fourth-order valence-electron chi connectivity index (χ4n) is 2.65. The number of para-hydroxylation sites is 1. The van der Waals surface area contributed by atoms with Gasteiger partial charge in [-0.3, -0.25) is 5.43 Å². The van der Waals surface area contributed by atoms with Gasteiger partial charge in [-0.15, -0.1) is 0 Å². The van der Waals surface area contributed by atoms with E-state index in [0.29, 0.717) is 10.7 Å². The van der Waals surface area contributed by atoms with Crippen LogP contribution in [0, 0.1) is 0 Å². The van der Waals surface area contributed by atoms with E-state index in [9.17, 15) is 5.11 Å². The molecular formula is C17H17N3OS. The van der Waals surface area contributed by atoms with E-state index in [0.717, 1.165) is 12.8 Å². The van der Waals surface area contributed by atoms with Crippen LogP contribution < -0.4 is 10.7 Å². The van der Waals surface area contributed by atoms with Crippen LogP contribution in [0.3, 0.4) is 0 Å². The first-order valence-corrected chi connectivity index (χ1v) is 7.60. The predicted octanol–water partition coefficient (Wildman–Crippen LogP) is 2.88. The third-order valence-electron chi connectivity index (χ3n) is 3.74. The highest BCUT2D eigenvalue weighted by Gasteiger charge is 2.21. The van der Waals surface area contributed by atoms with E-state index in [4.69, 9.17) is 12.2 Å². The molecule has 5 heteroatoms. The lowest BCUT2D eigenvalue weighted by Gasteiger charge is -2.15. The van der Waals surface area contributed by atoms with Crippen molar-refractivity contribution in [3.63, 3.8) is 0 Å². The molecule has 1 aliphatic carbocycles. The van der Waals surface area contributed by atoms with Crippen LogP contribution in [-0.2, 0) is 6.42 Å². The highest BCUT2D eigenvalue weighted by molar-refractivity contribution is 7.80. The van der Waals surface area contributed by atoms with Crippen LogP contribution >= 0.6 is 12.2 Å². The number of hydrazone groups is 1. The SMILES string of the molecule is Oc1ccccc1/C=N/NC(=S)NC1CCc2ccccc21. The highest BCUT2D eigenvalue weighted by Crippen LogP contribution is 2.30. The third-order valence-corrected chi connectivity index (χ3v) is 3.95. The molecule has 4 nitrogen and oxygen atoms in total. The molecule has 1 unspecified atom stereocenters. The second-order valence-corrected chi connectivity index (χ2v) is 5.60. The minimum absolute atomic E-state index is 0.191. The zero-order valence-electron chi connectivity index (χ0n) is 12.0. The Balaban J connectivity index is 1.57. The van der Waals surface area contributed by atoms with Gasteiger partial charge in [0.05, 0.1) is 12.3 Å². The summed E-state index contributed by atoms with van der Waals surface area (Å²) in [6.45, 7) is 0. The van der Waals surface area contributed by atoms with Gasteiger partial charge in [-0.1, -0.05) is 36.4 Å². The summed E-state index contributed by atoms with van der Waals surface area (Å²) < 4.78 is 0. The van der Waals surface area contributed by atoms with E-state index in [-0.39, 0.29) is 11.8 Å². The van der Waals surface area contributed by atoms with Crippen molar-refractivity contribution >= 4 is 23.5 Å². The minimum atomic E-state index is 0.191. The van der Waals surface area contributed by atoms with Gasteiger partial charge >= 0.3 is 0 Å². The summed E-state index contributed by atoms with van der Waals surface area (Å²) in [6.07, 6.45) is 3.65. The van der Waals surface area contributed by atoms with E-state index in [1.165, 1.54) is 11.1 Å². The molecule has 0 heterocycles. The van der Waals surface area contributed by atoms with Crippen molar-refractivity contribution in [2.24, 2.45) is 5.10 Å². The number of aromatic hydroxyl groups is 1. The predicted molar refractivity (Wildman–Crippen MR) is 92.1 cm³/mol. The van der Waals surface area contributed by atoms with E-state index in [1.807, 2.05) is 12.1 Å². The monoisotopic (exact) mass is 311 g/mol. The Morgan fingerprint density at radius 2 is 1.95 bits per heavy atom. The molecule has 0 amide bonds. The van der Waals surface area contributed by atoms with Crippen molar-refractivity contribution < 1.29 is 5.11 Å². The lowest BCUT2D eigenvalue weighted by atomic mass is 10.1. The lowest BCUT2D eigenvalue weighted by Crippen LogP contribution is -2.34. The highest BCUT2D eigenvalue weighted by atomic mass is 32.1. The molecule has 0 aromatic heterocycles. The second-order valence-electron chi connectivity index (χ2n) is 5.19. The van der Waals surface area contributed by atoms with Crippen LogP contribution in [0.1, 0.15) is 29.2 Å². The minimum Gasteiger partial charge on any atom is -0.507 e. The molecule has 0 aliphatic heterocycles. The van der Waals surface area contributed by atoms with Gasteiger partial charge in [-0.25, -0.2) is 0 Å². The number of phenolic OH excluding ortho intramolecular Hbond substituents is 1. The molecule has 2 aromatic carbocycles. The van der Waals surface area contributed by atoms with Crippen molar-refractivity contribution in [1.29, 1.82) is 0 Å². The molecule has 22 heavy (non-hydrogen) atoms. The van der Waals surface area contributed by atoms with Crippen molar-refractivity contribution in [2.75, 3.05) is 0 Å². The van der Waals surface area contributed by atoms with Crippen LogP contribution in [0.5, 0.6) is 5.75 Å². The Morgan fingerprint density at radius 1 is 1.18 bits per heavy atom. The summed E-state index contributed by atoms with van der Waals surface area (Å²) in [4.78, 5) is 0. The van der Waals surface area contributed by atoms with Crippen LogP contribution in [0.15, 0.2) is 53.6 Å². The average Bonchev–Trinajstić information content (AvgIpc) is 2.92. The molecular weight excluding hydrogens is 294 g/mol. The van der Waals surface area contributed by atoms with Crippen molar-refractivity contribution in [2.45, 2.75) is 18.9 Å². The molecule has 0 bridgehead atoms. The van der Waals surface area contributed by atoms with Crippen molar-refractivity contribution in [1.82, 2.24) is 10.7 Å². The van der Waals surface area contributed by atoms with Gasteiger partial charge in [0.15, 0.2) is 5.11 Å². The van der Waals surface area contributed by atoms with Crippen molar-refractivity contribution in [3.05, 3.63) is 65.2 Å². The van der Waals surface area contributed by atoms with Gasteiger partial charge < -0.3 is 10.4 Å². The van der Waals surface area contributed by atoms with Crippen LogP contribution in [-0.4, -0.2) is 16.4 Å². The van der Waals surface area contributed by atoms with E-state index in [1.54, 1.807) is 24.4 Å². The van der Waals surface area contributed by atoms with Crippen molar-refractivity contribution in [3.8, 4) is 5.75 Å². The number of nitrogens with zero attached hydrogens (tertiary/aromatic N) is 1. The number of aryl methyl sites for hydroxylation is 1. The zero-order chi connectivity index (χ0) is 15.4. The van der Waals surface area contributed by atoms with Gasteiger partial charge in [0.25, 0.3) is 0 Å². The Labute approximate surface area is 134 Å². The molecule has 3 rings (SSSR count). The number of phenols is 1. The number of benzene rings is 2. The third kappa shape index (κ3) is 3.26. The first kappa shape index (κ1) is 14.5. The Hall–Kier alpha value is -2.40. The molecule has 112 valence electrons. The molecule has 0 saturated heterocycles.